The molecule has 1 amide bonds. The SMILES string of the molecule is O=C(C=Cc1ccc(Cl)cc1)NC(=S)Nc1ccccc1Cl. The van der Waals surface area contributed by atoms with Crippen molar-refractivity contribution in [2.75, 3.05) is 5.32 Å². The van der Waals surface area contributed by atoms with Crippen LogP contribution in [0.5, 0.6) is 0 Å². The highest BCUT2D eigenvalue weighted by atomic mass is 35.5. The summed E-state index contributed by atoms with van der Waals surface area (Å²) in [6, 6.07) is 14.3. The second-order valence-corrected chi connectivity index (χ2v) is 5.56. The Bertz CT molecular complexity index is 714. The number of amides is 1. The average Bonchev–Trinajstić information content (AvgIpc) is 2.49. The van der Waals surface area contributed by atoms with E-state index in [0.717, 1.165) is 5.56 Å². The number of benzene rings is 2. The first-order valence-electron chi connectivity index (χ1n) is 6.35. The van der Waals surface area contributed by atoms with Crippen molar-refractivity contribution in [2.45, 2.75) is 0 Å². The third kappa shape index (κ3) is 5.15. The lowest BCUT2D eigenvalue weighted by Crippen LogP contribution is -2.32. The topological polar surface area (TPSA) is 41.1 Å². The second kappa shape index (κ2) is 7.94. The minimum absolute atomic E-state index is 0.179. The van der Waals surface area contributed by atoms with Gasteiger partial charge in [-0.25, -0.2) is 0 Å². The maximum atomic E-state index is 11.8. The third-order valence-corrected chi connectivity index (χ3v) is 3.44. The van der Waals surface area contributed by atoms with Gasteiger partial charge >= 0.3 is 0 Å². The molecule has 0 atom stereocenters. The number of rotatable bonds is 3. The van der Waals surface area contributed by atoms with Crippen molar-refractivity contribution in [2.24, 2.45) is 0 Å². The molecule has 2 rings (SSSR count). The van der Waals surface area contributed by atoms with E-state index >= 15 is 0 Å². The molecule has 0 aromatic heterocycles. The van der Waals surface area contributed by atoms with Crippen LogP contribution in [0, 0.1) is 0 Å². The molecule has 0 saturated carbocycles. The summed E-state index contributed by atoms with van der Waals surface area (Å²) < 4.78 is 0. The molecule has 0 unspecified atom stereocenters. The summed E-state index contributed by atoms with van der Waals surface area (Å²) in [6.45, 7) is 0. The fourth-order valence-electron chi connectivity index (χ4n) is 1.62. The molecule has 6 heteroatoms. The zero-order valence-electron chi connectivity index (χ0n) is 11.3. The van der Waals surface area contributed by atoms with Crippen LogP contribution in [0.4, 0.5) is 5.69 Å². The van der Waals surface area contributed by atoms with Crippen LogP contribution in [-0.2, 0) is 4.79 Å². The van der Waals surface area contributed by atoms with E-state index in [1.54, 1.807) is 30.3 Å². The Labute approximate surface area is 143 Å². The monoisotopic (exact) mass is 350 g/mol. The van der Waals surface area contributed by atoms with Crippen molar-refractivity contribution in [1.29, 1.82) is 0 Å². The van der Waals surface area contributed by atoms with Crippen LogP contribution in [0.15, 0.2) is 54.6 Å². The van der Waals surface area contributed by atoms with E-state index in [-0.39, 0.29) is 11.0 Å². The van der Waals surface area contributed by atoms with Gasteiger partial charge in [-0.3, -0.25) is 10.1 Å². The predicted octanol–water partition coefficient (Wildman–Crippen LogP) is 4.52. The van der Waals surface area contributed by atoms with Crippen LogP contribution in [0.1, 0.15) is 5.56 Å². The number of nitrogens with one attached hydrogen (secondary N) is 2. The van der Waals surface area contributed by atoms with Gasteiger partial charge < -0.3 is 5.32 Å². The van der Waals surface area contributed by atoms with E-state index in [1.807, 2.05) is 24.3 Å². The molecule has 0 saturated heterocycles. The predicted molar refractivity (Wildman–Crippen MR) is 96.3 cm³/mol. The molecule has 112 valence electrons. The number of halogens is 2. The van der Waals surface area contributed by atoms with E-state index in [1.165, 1.54) is 6.08 Å². The summed E-state index contributed by atoms with van der Waals surface area (Å²) in [4.78, 5) is 11.8. The zero-order chi connectivity index (χ0) is 15.9. The smallest absolute Gasteiger partial charge is 0.250 e. The summed E-state index contributed by atoms with van der Waals surface area (Å²) in [6.07, 6.45) is 3.06. The van der Waals surface area contributed by atoms with Crippen LogP contribution >= 0.6 is 35.4 Å². The summed E-state index contributed by atoms with van der Waals surface area (Å²) in [5.41, 5.74) is 1.50. The van der Waals surface area contributed by atoms with E-state index in [4.69, 9.17) is 35.4 Å². The van der Waals surface area contributed by atoms with Crippen molar-refractivity contribution < 1.29 is 4.79 Å². The summed E-state index contributed by atoms with van der Waals surface area (Å²) in [5.74, 6) is -0.334. The standard InChI is InChI=1S/C16H12Cl2N2OS/c17-12-8-5-11(6-9-12)7-10-15(21)20-16(22)19-14-4-2-1-3-13(14)18/h1-10H,(H2,19,20,21,22). The van der Waals surface area contributed by atoms with Gasteiger partial charge in [0, 0.05) is 11.1 Å². The van der Waals surface area contributed by atoms with E-state index < -0.39 is 0 Å². The largest absolute Gasteiger partial charge is 0.331 e. The lowest BCUT2D eigenvalue weighted by Gasteiger charge is -2.09. The molecule has 0 fully saturated rings. The zero-order valence-corrected chi connectivity index (χ0v) is 13.7. The molecular weight excluding hydrogens is 339 g/mol. The maximum absolute atomic E-state index is 11.8. The van der Waals surface area contributed by atoms with Gasteiger partial charge in [0.25, 0.3) is 0 Å². The highest BCUT2D eigenvalue weighted by Crippen LogP contribution is 2.20. The van der Waals surface area contributed by atoms with Gasteiger partial charge in [-0.05, 0) is 48.1 Å². The van der Waals surface area contributed by atoms with Crippen molar-refractivity contribution in [3.8, 4) is 0 Å². The van der Waals surface area contributed by atoms with E-state index in [9.17, 15) is 4.79 Å². The van der Waals surface area contributed by atoms with Crippen LogP contribution in [0.25, 0.3) is 6.08 Å². The quantitative estimate of drug-likeness (QED) is 0.631. The molecule has 2 N–H and O–H groups in total. The van der Waals surface area contributed by atoms with Crippen molar-refractivity contribution in [3.63, 3.8) is 0 Å². The van der Waals surface area contributed by atoms with Gasteiger partial charge in [0.05, 0.1) is 10.7 Å². The molecule has 0 aliphatic carbocycles. The molecule has 0 spiro atoms. The van der Waals surface area contributed by atoms with E-state index in [2.05, 4.69) is 10.6 Å². The maximum Gasteiger partial charge on any atom is 0.250 e. The Balaban J connectivity index is 1.90. The highest BCUT2D eigenvalue weighted by molar-refractivity contribution is 7.80. The number of thiocarbonyl (C=S) groups is 1. The van der Waals surface area contributed by atoms with Gasteiger partial charge in [-0.1, -0.05) is 47.5 Å². The lowest BCUT2D eigenvalue weighted by atomic mass is 10.2. The molecule has 2 aromatic carbocycles. The van der Waals surface area contributed by atoms with Gasteiger partial charge in [-0.15, -0.1) is 0 Å². The Morgan fingerprint density at radius 2 is 1.73 bits per heavy atom. The van der Waals surface area contributed by atoms with Gasteiger partial charge in [-0.2, -0.15) is 0 Å². The molecular formula is C16H12Cl2N2OS. The Kier molecular flexibility index (Phi) is 5.95. The molecule has 22 heavy (non-hydrogen) atoms. The number of para-hydroxylation sites is 1. The fraction of sp³-hybridized carbons (Fsp3) is 0. The first-order valence-corrected chi connectivity index (χ1v) is 7.51. The molecule has 0 aliphatic heterocycles. The average molecular weight is 351 g/mol. The first-order chi connectivity index (χ1) is 10.5. The summed E-state index contributed by atoms with van der Waals surface area (Å²) in [5, 5.41) is 6.76. The fourth-order valence-corrected chi connectivity index (χ4v) is 2.14. The molecule has 0 aliphatic rings. The highest BCUT2D eigenvalue weighted by Gasteiger charge is 2.04. The molecule has 2 aromatic rings. The number of carbonyl (C=O) groups excluding carboxylic acids is 1. The third-order valence-electron chi connectivity index (χ3n) is 2.66. The van der Waals surface area contributed by atoms with Gasteiger partial charge in [0.2, 0.25) is 5.91 Å². The van der Waals surface area contributed by atoms with E-state index in [0.29, 0.717) is 15.7 Å². The Hall–Kier alpha value is -1.88. The molecule has 0 radical (unpaired) electrons. The Morgan fingerprint density at radius 1 is 1.05 bits per heavy atom. The van der Waals surface area contributed by atoms with Gasteiger partial charge in [0.15, 0.2) is 5.11 Å². The first kappa shape index (κ1) is 16.5. The van der Waals surface area contributed by atoms with Crippen LogP contribution in [0.3, 0.4) is 0 Å². The molecule has 3 nitrogen and oxygen atoms in total. The number of carbonyl (C=O) groups is 1. The van der Waals surface area contributed by atoms with Gasteiger partial charge in [0.1, 0.15) is 0 Å². The van der Waals surface area contributed by atoms with Crippen LogP contribution < -0.4 is 10.6 Å². The number of anilines is 1. The van der Waals surface area contributed by atoms with Crippen molar-refractivity contribution >= 4 is 58.2 Å². The second-order valence-electron chi connectivity index (χ2n) is 4.31. The minimum Gasteiger partial charge on any atom is -0.331 e. The summed E-state index contributed by atoms with van der Waals surface area (Å²) in [7, 11) is 0. The van der Waals surface area contributed by atoms with Crippen molar-refractivity contribution in [3.05, 3.63) is 70.2 Å². The molecule has 0 bridgehead atoms. The lowest BCUT2D eigenvalue weighted by molar-refractivity contribution is -0.115. The van der Waals surface area contributed by atoms with Crippen LogP contribution in [0.2, 0.25) is 10.0 Å². The number of hydrogen-bond donors (Lipinski definition) is 2. The summed E-state index contributed by atoms with van der Waals surface area (Å²) >= 11 is 16.9. The molecule has 0 heterocycles. The van der Waals surface area contributed by atoms with Crippen molar-refractivity contribution in [1.82, 2.24) is 5.32 Å². The normalized spacial score (nSPS) is 10.5. The Morgan fingerprint density at radius 3 is 2.41 bits per heavy atom. The minimum atomic E-state index is -0.334. The van der Waals surface area contributed by atoms with Crippen LogP contribution in [-0.4, -0.2) is 11.0 Å². The number of hydrogen-bond acceptors (Lipinski definition) is 2.